The van der Waals surface area contributed by atoms with Crippen LogP contribution in [0.25, 0.3) is 11.1 Å². The zero-order valence-corrected chi connectivity index (χ0v) is 38.5. The van der Waals surface area contributed by atoms with Crippen LogP contribution in [-0.2, 0) is 39.3 Å². The van der Waals surface area contributed by atoms with Crippen LogP contribution in [0, 0.1) is 5.41 Å². The average molecular weight is 864 g/mol. The molecule has 0 spiro atoms. The van der Waals surface area contributed by atoms with E-state index in [0.717, 1.165) is 58.3 Å². The molecule has 0 fully saturated rings. The van der Waals surface area contributed by atoms with Crippen LogP contribution in [0.2, 0.25) is 0 Å². The van der Waals surface area contributed by atoms with Gasteiger partial charge in [0, 0.05) is 79.1 Å². The molecule has 0 radical (unpaired) electrons. The molecule has 0 saturated carbocycles. The number of anilines is 1. The van der Waals surface area contributed by atoms with Crippen LogP contribution < -0.4 is 9.64 Å². The number of fused-ring (bicyclic) bond motifs is 3. The molecule has 0 aliphatic carbocycles. The number of benzene rings is 2. The van der Waals surface area contributed by atoms with Crippen molar-refractivity contribution in [3.05, 3.63) is 83.2 Å². The number of hydrogen-bond acceptors (Lipinski definition) is 9. The molecule has 0 bridgehead atoms. The summed E-state index contributed by atoms with van der Waals surface area (Å²) in [7, 11) is -2.86. The summed E-state index contributed by atoms with van der Waals surface area (Å²) >= 11 is 0. The highest BCUT2D eigenvalue weighted by molar-refractivity contribution is 7.85. The Balaban J connectivity index is 1.53. The lowest BCUT2D eigenvalue weighted by molar-refractivity contribution is -0.438. The van der Waals surface area contributed by atoms with Crippen molar-refractivity contribution in [1.29, 1.82) is 0 Å². The third-order valence-electron chi connectivity index (χ3n) is 11.7. The zero-order chi connectivity index (χ0) is 44.6. The minimum atomic E-state index is -4.49. The Kier molecular flexibility index (Phi) is 16.0. The lowest BCUT2D eigenvalue weighted by atomic mass is 9.76. The number of ether oxygens (including phenoxy) is 5. The molecule has 2 N–H and O–H groups in total. The van der Waals surface area contributed by atoms with Crippen LogP contribution in [0.3, 0.4) is 0 Å². The molecule has 3 aliphatic rings. The van der Waals surface area contributed by atoms with Crippen molar-refractivity contribution in [3.63, 3.8) is 0 Å². The SMILES string of the molecule is CCN1c2cc3c(cc2C(C)=CC1(C)C)C(=CC=CC1=[N+](CCCCCC(=O)O)c2ccc(S(=O)(=O)O)cc2C1(C)CCOCCOCCOCCOC)C=C(C(C)(C)C)O3. The minimum absolute atomic E-state index is 0.0972. The first-order chi connectivity index (χ1) is 28.8. The maximum Gasteiger partial charge on any atom is 0.303 e. The van der Waals surface area contributed by atoms with Crippen molar-refractivity contribution in [2.75, 3.05) is 71.3 Å². The van der Waals surface area contributed by atoms with Crippen LogP contribution >= 0.6 is 0 Å². The van der Waals surface area contributed by atoms with E-state index in [1.54, 1.807) is 19.2 Å². The van der Waals surface area contributed by atoms with E-state index in [2.05, 4.69) is 107 Å². The molecule has 13 heteroatoms. The van der Waals surface area contributed by atoms with Crippen molar-refractivity contribution in [3.8, 4) is 5.75 Å². The maximum atomic E-state index is 12.5. The third-order valence-corrected chi connectivity index (χ3v) is 12.5. The van der Waals surface area contributed by atoms with E-state index >= 15 is 0 Å². The normalized spacial score (nSPS) is 19.2. The summed E-state index contributed by atoms with van der Waals surface area (Å²) in [6.45, 7) is 21.8. The number of carboxylic acid groups (broad SMARTS) is 1. The summed E-state index contributed by atoms with van der Waals surface area (Å²) < 4.78 is 66.2. The summed E-state index contributed by atoms with van der Waals surface area (Å²) in [4.78, 5) is 13.5. The minimum Gasteiger partial charge on any atom is -0.481 e. The summed E-state index contributed by atoms with van der Waals surface area (Å²) in [5, 5.41) is 9.26. The van der Waals surface area contributed by atoms with Gasteiger partial charge in [0.1, 0.15) is 18.1 Å². The molecule has 2 aromatic rings. The molecule has 0 amide bonds. The van der Waals surface area contributed by atoms with Gasteiger partial charge in [0.15, 0.2) is 5.71 Å². The fourth-order valence-corrected chi connectivity index (χ4v) is 9.00. The van der Waals surface area contributed by atoms with Crippen LogP contribution in [0.15, 0.2) is 71.4 Å². The van der Waals surface area contributed by atoms with Crippen molar-refractivity contribution in [1.82, 2.24) is 0 Å². The van der Waals surface area contributed by atoms with Gasteiger partial charge in [-0.2, -0.15) is 13.0 Å². The fourth-order valence-electron chi connectivity index (χ4n) is 8.49. The molecular formula is C48H67N2O10S+. The van der Waals surface area contributed by atoms with Crippen LogP contribution in [0.5, 0.6) is 5.75 Å². The molecule has 3 heterocycles. The predicted molar refractivity (Wildman–Crippen MR) is 241 cm³/mol. The quantitative estimate of drug-likeness (QED) is 0.0665. The Morgan fingerprint density at radius 3 is 2.23 bits per heavy atom. The van der Waals surface area contributed by atoms with Crippen LogP contribution in [0.4, 0.5) is 11.4 Å². The lowest BCUT2D eigenvalue weighted by Gasteiger charge is -2.43. The first-order valence-corrected chi connectivity index (χ1v) is 22.9. The van der Waals surface area contributed by atoms with Crippen molar-refractivity contribution < 1.29 is 51.1 Å². The number of unbranched alkanes of at least 4 members (excludes halogenated alkanes) is 2. The first kappa shape index (κ1) is 47.9. The van der Waals surface area contributed by atoms with Gasteiger partial charge in [0.05, 0.1) is 55.5 Å². The number of methoxy groups -OCH3 is 1. The van der Waals surface area contributed by atoms with E-state index in [1.807, 2.05) is 0 Å². The molecule has 0 saturated heterocycles. The fraction of sp³-hybridized carbons (Fsp3) is 0.542. The van der Waals surface area contributed by atoms with Crippen LogP contribution in [-0.4, -0.2) is 106 Å². The Labute approximate surface area is 363 Å². The highest BCUT2D eigenvalue weighted by Crippen LogP contribution is 2.48. The number of carboxylic acids is 1. The summed E-state index contributed by atoms with van der Waals surface area (Å²) in [6, 6.07) is 9.18. The topological polar surface area (TPSA) is 144 Å². The number of allylic oxidation sites excluding steroid dienone is 7. The molecular weight excluding hydrogens is 797 g/mol. The predicted octanol–water partition coefficient (Wildman–Crippen LogP) is 9.00. The second-order valence-corrected chi connectivity index (χ2v) is 19.2. The van der Waals surface area contributed by atoms with Gasteiger partial charge in [-0.15, -0.1) is 0 Å². The molecule has 61 heavy (non-hydrogen) atoms. The molecule has 334 valence electrons. The number of carbonyl (C=O) groups is 1. The van der Waals surface area contributed by atoms with Gasteiger partial charge in [-0.3, -0.25) is 9.35 Å². The summed E-state index contributed by atoms with van der Waals surface area (Å²) in [5.41, 5.74) is 6.93. The Morgan fingerprint density at radius 1 is 0.934 bits per heavy atom. The van der Waals surface area contributed by atoms with Crippen molar-refractivity contribution >= 4 is 44.3 Å². The molecule has 12 nitrogen and oxygen atoms in total. The standard InChI is InChI=1S/C48H66N2O10S/c1-10-50-41-32-42-38(31-37(41)34(2)33-47(50,6)7)35(29-44(60-42)46(3,4)5)15-14-16-43-48(8,20-22-57-25-26-59-28-27-58-24-23-56-9)39-30-36(61(53,54)55)18-19-40(39)49(43)21-13-11-12-17-45(51)52/h14-16,18-19,29-33H,10-13,17,20-28H2,1-9H3,(H-,51,52,53,54,55)/p+1. The van der Waals surface area contributed by atoms with Gasteiger partial charge < -0.3 is 33.7 Å². The summed E-state index contributed by atoms with van der Waals surface area (Å²) in [5.74, 6) is 0.842. The van der Waals surface area contributed by atoms with E-state index in [0.29, 0.717) is 72.1 Å². The van der Waals surface area contributed by atoms with Crippen molar-refractivity contribution in [2.45, 2.75) is 103 Å². The van der Waals surface area contributed by atoms with Crippen LogP contribution in [0.1, 0.15) is 104 Å². The zero-order valence-electron chi connectivity index (χ0n) is 37.6. The maximum absolute atomic E-state index is 12.5. The molecule has 5 rings (SSSR count). The first-order valence-electron chi connectivity index (χ1n) is 21.5. The molecule has 3 aliphatic heterocycles. The Morgan fingerprint density at radius 2 is 1.61 bits per heavy atom. The van der Waals surface area contributed by atoms with Gasteiger partial charge in [-0.05, 0) is 89.3 Å². The van der Waals surface area contributed by atoms with E-state index in [9.17, 15) is 22.9 Å². The molecule has 0 aromatic heterocycles. The lowest BCUT2D eigenvalue weighted by Crippen LogP contribution is -2.45. The van der Waals surface area contributed by atoms with E-state index in [1.165, 1.54) is 17.2 Å². The molecule has 2 aromatic carbocycles. The van der Waals surface area contributed by atoms with E-state index < -0.39 is 21.5 Å². The van der Waals surface area contributed by atoms with Gasteiger partial charge in [0.25, 0.3) is 10.1 Å². The Bertz CT molecular complexity index is 2180. The van der Waals surface area contributed by atoms with Gasteiger partial charge in [-0.25, -0.2) is 0 Å². The smallest absolute Gasteiger partial charge is 0.303 e. The number of hydrogen-bond donors (Lipinski definition) is 2. The second kappa shape index (κ2) is 20.4. The van der Waals surface area contributed by atoms with E-state index in [-0.39, 0.29) is 22.3 Å². The van der Waals surface area contributed by atoms with Gasteiger partial charge in [0.2, 0.25) is 5.69 Å². The number of nitrogens with zero attached hydrogens (tertiary/aromatic N) is 2. The van der Waals surface area contributed by atoms with Crippen molar-refractivity contribution in [2.24, 2.45) is 5.41 Å². The van der Waals surface area contributed by atoms with Gasteiger partial charge in [-0.1, -0.05) is 39.0 Å². The average Bonchev–Trinajstić information content (AvgIpc) is 3.41. The number of aliphatic carboxylic acids is 1. The van der Waals surface area contributed by atoms with Gasteiger partial charge >= 0.3 is 5.97 Å². The Hall–Kier alpha value is -4.11. The van der Waals surface area contributed by atoms with E-state index in [4.69, 9.17) is 23.7 Å². The molecule has 1 unspecified atom stereocenters. The highest BCUT2D eigenvalue weighted by Gasteiger charge is 2.48. The number of likely N-dealkylation sites (N-methyl/N-ethyl adjacent to an activating group) is 1. The largest absolute Gasteiger partial charge is 0.481 e. The summed E-state index contributed by atoms with van der Waals surface area (Å²) in [6.07, 6.45) is 13.3. The second-order valence-electron chi connectivity index (χ2n) is 17.7. The molecule has 1 atom stereocenters. The number of rotatable bonds is 22. The monoisotopic (exact) mass is 863 g/mol. The highest BCUT2D eigenvalue weighted by atomic mass is 32.2. The third kappa shape index (κ3) is 11.7.